The molecule has 0 saturated heterocycles. The monoisotopic (exact) mass is 672 g/mol. The number of azo groups is 1. The molecule has 212 valence electrons. The lowest BCUT2D eigenvalue weighted by molar-refractivity contribution is 0.448. The highest BCUT2D eigenvalue weighted by molar-refractivity contribution is 14.1. The van der Waals surface area contributed by atoms with E-state index >= 15 is 0 Å². The molecule has 0 amide bonds. The van der Waals surface area contributed by atoms with Crippen LogP contribution in [0.2, 0.25) is 0 Å². The molecule has 0 aliphatic rings. The SMILES string of the molecule is CCCCCc1ccc(-c2ccc(C#N)cc2)cc1.CN(C)c1ccc(N=Nc2c(F)c(F)c(I)c(F)c2F)cc1. The molecule has 0 spiro atoms. The maximum Gasteiger partial charge on any atom is 0.190 e. The molecule has 0 aliphatic heterocycles. The maximum atomic E-state index is 13.6. The zero-order valence-electron chi connectivity index (χ0n) is 22.9. The fraction of sp³-hybridized carbons (Fsp3) is 0.219. The normalized spacial score (nSPS) is 10.7. The predicted octanol–water partition coefficient (Wildman–Crippen LogP) is 10.3. The van der Waals surface area contributed by atoms with E-state index in [0.29, 0.717) is 11.3 Å². The van der Waals surface area contributed by atoms with Crippen molar-refractivity contribution in [2.24, 2.45) is 10.2 Å². The molecule has 0 N–H and O–H groups in total. The molecule has 4 aromatic rings. The van der Waals surface area contributed by atoms with Crippen LogP contribution in [0.15, 0.2) is 83.0 Å². The first-order chi connectivity index (χ1) is 19.7. The van der Waals surface area contributed by atoms with Gasteiger partial charge in [-0.3, -0.25) is 0 Å². The molecule has 0 heterocycles. The van der Waals surface area contributed by atoms with Crippen molar-refractivity contribution >= 4 is 39.7 Å². The summed E-state index contributed by atoms with van der Waals surface area (Å²) in [5.74, 6) is -6.12. The Labute approximate surface area is 251 Å². The van der Waals surface area contributed by atoms with Gasteiger partial charge in [0.15, 0.2) is 29.0 Å². The van der Waals surface area contributed by atoms with E-state index in [2.05, 4.69) is 47.5 Å². The largest absolute Gasteiger partial charge is 0.378 e. The number of anilines is 1. The second-order valence-corrected chi connectivity index (χ2v) is 10.5. The van der Waals surface area contributed by atoms with Crippen LogP contribution >= 0.6 is 22.6 Å². The third kappa shape index (κ3) is 8.60. The molecular formula is C32H29F4IN4. The van der Waals surface area contributed by atoms with Crippen molar-refractivity contribution in [1.82, 2.24) is 0 Å². The van der Waals surface area contributed by atoms with E-state index < -0.39 is 32.5 Å². The van der Waals surface area contributed by atoms with Gasteiger partial charge in [-0.15, -0.1) is 5.11 Å². The van der Waals surface area contributed by atoms with Gasteiger partial charge in [-0.05, 0) is 88.5 Å². The molecule has 0 bridgehead atoms. The quantitative estimate of drug-likeness (QED) is 0.0467. The van der Waals surface area contributed by atoms with Crippen LogP contribution in [0.25, 0.3) is 11.1 Å². The Kier molecular flexibility index (Phi) is 11.8. The molecule has 4 nitrogen and oxygen atoms in total. The molecule has 0 aliphatic carbocycles. The zero-order valence-corrected chi connectivity index (χ0v) is 25.1. The van der Waals surface area contributed by atoms with Crippen LogP contribution in [-0.4, -0.2) is 14.1 Å². The average Bonchev–Trinajstić information content (AvgIpc) is 3.00. The van der Waals surface area contributed by atoms with Gasteiger partial charge in [0.05, 0.1) is 20.9 Å². The molecule has 0 fully saturated rings. The van der Waals surface area contributed by atoms with Crippen LogP contribution in [0.5, 0.6) is 0 Å². The van der Waals surface area contributed by atoms with Crippen LogP contribution in [0, 0.1) is 38.2 Å². The first-order valence-electron chi connectivity index (χ1n) is 13.0. The van der Waals surface area contributed by atoms with E-state index in [-0.39, 0.29) is 0 Å². The van der Waals surface area contributed by atoms with Crippen LogP contribution in [0.1, 0.15) is 37.3 Å². The molecule has 4 aromatic carbocycles. The molecule has 0 unspecified atom stereocenters. The number of hydrogen-bond donors (Lipinski definition) is 0. The number of nitriles is 1. The van der Waals surface area contributed by atoms with E-state index in [1.807, 2.05) is 43.3 Å². The Morgan fingerprint density at radius 1 is 0.732 bits per heavy atom. The van der Waals surface area contributed by atoms with Gasteiger partial charge in [-0.2, -0.15) is 10.4 Å². The second kappa shape index (κ2) is 15.3. The van der Waals surface area contributed by atoms with E-state index in [1.165, 1.54) is 65.0 Å². The minimum absolute atomic E-state index is 0.295. The number of unbranched alkanes of at least 4 members (excludes halogenated alkanes) is 2. The highest BCUT2D eigenvalue weighted by atomic mass is 127. The van der Waals surface area contributed by atoms with Crippen molar-refractivity contribution in [2.75, 3.05) is 19.0 Å². The predicted molar refractivity (Wildman–Crippen MR) is 164 cm³/mol. The van der Waals surface area contributed by atoms with E-state index in [4.69, 9.17) is 5.26 Å². The van der Waals surface area contributed by atoms with Crippen molar-refractivity contribution in [3.05, 3.63) is 111 Å². The van der Waals surface area contributed by atoms with Crippen molar-refractivity contribution in [2.45, 2.75) is 32.6 Å². The minimum Gasteiger partial charge on any atom is -0.378 e. The summed E-state index contributed by atoms with van der Waals surface area (Å²) >= 11 is 1.18. The molecule has 0 saturated carbocycles. The van der Waals surface area contributed by atoms with Crippen LogP contribution in [0.4, 0.5) is 34.6 Å². The fourth-order valence-corrected chi connectivity index (χ4v) is 4.26. The summed E-state index contributed by atoms with van der Waals surface area (Å²) in [7, 11) is 3.69. The van der Waals surface area contributed by atoms with Gasteiger partial charge in [0.25, 0.3) is 0 Å². The molecular weight excluding hydrogens is 643 g/mol. The van der Waals surface area contributed by atoms with Crippen LogP contribution in [0.3, 0.4) is 0 Å². The Balaban J connectivity index is 0.000000228. The molecule has 41 heavy (non-hydrogen) atoms. The van der Waals surface area contributed by atoms with Crippen molar-refractivity contribution in [3.8, 4) is 17.2 Å². The van der Waals surface area contributed by atoms with Crippen LogP contribution < -0.4 is 4.90 Å². The van der Waals surface area contributed by atoms with E-state index in [0.717, 1.165) is 5.69 Å². The lowest BCUT2D eigenvalue weighted by Crippen LogP contribution is -2.07. The van der Waals surface area contributed by atoms with Crippen molar-refractivity contribution < 1.29 is 17.6 Å². The first kappa shape index (κ1) is 31.7. The van der Waals surface area contributed by atoms with Gasteiger partial charge < -0.3 is 4.90 Å². The number of benzene rings is 4. The first-order valence-corrected chi connectivity index (χ1v) is 14.0. The summed E-state index contributed by atoms with van der Waals surface area (Å²) < 4.78 is 53.3. The molecule has 0 radical (unpaired) electrons. The number of rotatable bonds is 8. The van der Waals surface area contributed by atoms with Crippen LogP contribution in [-0.2, 0) is 6.42 Å². The van der Waals surface area contributed by atoms with Gasteiger partial charge in [-0.1, -0.05) is 56.2 Å². The molecule has 0 aromatic heterocycles. The van der Waals surface area contributed by atoms with Crippen molar-refractivity contribution in [3.63, 3.8) is 0 Å². The Morgan fingerprint density at radius 2 is 1.27 bits per heavy atom. The summed E-state index contributed by atoms with van der Waals surface area (Å²) in [6.45, 7) is 2.23. The Hall–Kier alpha value is -3.78. The lowest BCUT2D eigenvalue weighted by Gasteiger charge is -2.11. The Bertz CT molecular complexity index is 1480. The van der Waals surface area contributed by atoms with Gasteiger partial charge in [0, 0.05) is 19.8 Å². The maximum absolute atomic E-state index is 13.6. The third-order valence-electron chi connectivity index (χ3n) is 6.19. The fourth-order valence-electron chi connectivity index (χ4n) is 3.79. The molecule has 9 heteroatoms. The van der Waals surface area contributed by atoms with Gasteiger partial charge in [0.1, 0.15) is 0 Å². The topological polar surface area (TPSA) is 51.8 Å². The van der Waals surface area contributed by atoms with E-state index in [9.17, 15) is 17.6 Å². The number of hydrogen-bond acceptors (Lipinski definition) is 4. The highest BCUT2D eigenvalue weighted by Crippen LogP contribution is 2.32. The summed E-state index contributed by atoms with van der Waals surface area (Å²) in [4.78, 5) is 1.85. The summed E-state index contributed by atoms with van der Waals surface area (Å²) in [5, 5.41) is 15.7. The zero-order chi connectivity index (χ0) is 29.9. The highest BCUT2D eigenvalue weighted by Gasteiger charge is 2.24. The van der Waals surface area contributed by atoms with Crippen molar-refractivity contribution in [1.29, 1.82) is 5.26 Å². The Morgan fingerprint density at radius 3 is 1.76 bits per heavy atom. The molecule has 0 atom stereocenters. The third-order valence-corrected chi connectivity index (χ3v) is 7.14. The number of nitrogens with zero attached hydrogens (tertiary/aromatic N) is 4. The smallest absolute Gasteiger partial charge is 0.190 e. The second-order valence-electron chi connectivity index (χ2n) is 9.37. The molecule has 4 rings (SSSR count). The number of aryl methyl sites for hydroxylation is 1. The number of halogens is 5. The lowest BCUT2D eigenvalue weighted by atomic mass is 10.0. The van der Waals surface area contributed by atoms with Gasteiger partial charge in [0.2, 0.25) is 0 Å². The summed E-state index contributed by atoms with van der Waals surface area (Å²) in [5.41, 5.74) is 4.59. The average molecular weight is 673 g/mol. The standard InChI is InChI=1S/C18H19N.C14H10F4IN3/c1-2-3-4-5-15-6-10-17(11-7-15)18-12-8-16(14-19)9-13-18;1-22(2)8-5-3-7(4-6-8)20-21-14-11(17)9(15)13(19)10(16)12(14)18/h6-13H,2-5H2,1H3;3-6H,1-2H3. The van der Waals surface area contributed by atoms with E-state index in [1.54, 1.807) is 24.3 Å². The summed E-state index contributed by atoms with van der Waals surface area (Å²) in [6.07, 6.45) is 5.01. The minimum atomic E-state index is -1.57. The van der Waals surface area contributed by atoms with Gasteiger partial charge in [-0.25, -0.2) is 17.6 Å². The summed E-state index contributed by atoms with van der Waals surface area (Å²) in [6, 6.07) is 25.2. The van der Waals surface area contributed by atoms with Gasteiger partial charge >= 0.3 is 0 Å².